The number of benzene rings is 2. The van der Waals surface area contributed by atoms with Gasteiger partial charge in [0.15, 0.2) is 13.2 Å². The summed E-state index contributed by atoms with van der Waals surface area (Å²) < 4.78 is 10.2. The van der Waals surface area contributed by atoms with Crippen molar-refractivity contribution in [2.75, 3.05) is 44.3 Å². The van der Waals surface area contributed by atoms with E-state index in [9.17, 15) is 9.59 Å². The molecule has 1 heterocycles. The Morgan fingerprint density at radius 1 is 1.00 bits per heavy atom. The van der Waals surface area contributed by atoms with Crippen molar-refractivity contribution in [3.63, 3.8) is 0 Å². The topological polar surface area (TPSA) is 82.9 Å². The quantitative estimate of drug-likeness (QED) is 0.520. The van der Waals surface area contributed by atoms with E-state index in [1.165, 1.54) is 6.08 Å². The van der Waals surface area contributed by atoms with Gasteiger partial charge in [0.2, 0.25) is 0 Å². The molecule has 1 aliphatic rings. The molecule has 0 saturated carbocycles. The molecule has 0 N–H and O–H groups in total. The molecule has 1 aliphatic heterocycles. The smallest absolute Gasteiger partial charge is 0.331 e. The second kappa shape index (κ2) is 10.7. The third-order valence-electron chi connectivity index (χ3n) is 4.69. The van der Waals surface area contributed by atoms with E-state index in [1.807, 2.05) is 24.3 Å². The molecule has 7 nitrogen and oxygen atoms in total. The number of carbonyl (C=O) groups is 2. The summed E-state index contributed by atoms with van der Waals surface area (Å²) in [6, 6.07) is 18.9. The van der Waals surface area contributed by atoms with Crippen molar-refractivity contribution in [3.05, 3.63) is 66.2 Å². The molecule has 2 aromatic carbocycles. The lowest BCUT2D eigenvalue weighted by atomic mass is 10.2. The van der Waals surface area contributed by atoms with Crippen LogP contribution in [-0.2, 0) is 14.3 Å². The SMILES string of the molecule is N#CCOc1ccc(/C=C/C(=O)OCC(=O)N2CCN(c3ccccc3)CC2)cc1. The van der Waals surface area contributed by atoms with Gasteiger partial charge in [-0.2, -0.15) is 5.26 Å². The first kappa shape index (κ1) is 20.9. The van der Waals surface area contributed by atoms with Gasteiger partial charge < -0.3 is 19.3 Å². The van der Waals surface area contributed by atoms with E-state index in [2.05, 4.69) is 17.0 Å². The Morgan fingerprint density at radius 2 is 1.70 bits per heavy atom. The third kappa shape index (κ3) is 6.11. The molecule has 154 valence electrons. The Balaban J connectivity index is 1.40. The predicted octanol–water partition coefficient (Wildman–Crippen LogP) is 2.49. The molecule has 1 fully saturated rings. The number of para-hydroxylation sites is 1. The van der Waals surface area contributed by atoms with E-state index in [0.29, 0.717) is 18.8 Å². The monoisotopic (exact) mass is 405 g/mol. The maximum Gasteiger partial charge on any atom is 0.331 e. The second-order valence-corrected chi connectivity index (χ2v) is 6.66. The van der Waals surface area contributed by atoms with Crippen LogP contribution >= 0.6 is 0 Å². The van der Waals surface area contributed by atoms with Gasteiger partial charge in [-0.05, 0) is 35.9 Å². The van der Waals surface area contributed by atoms with Gasteiger partial charge in [-0.15, -0.1) is 0 Å². The van der Waals surface area contributed by atoms with Gasteiger partial charge in [-0.1, -0.05) is 30.3 Å². The summed E-state index contributed by atoms with van der Waals surface area (Å²) in [4.78, 5) is 28.2. The Bertz CT molecular complexity index is 912. The fourth-order valence-electron chi connectivity index (χ4n) is 3.08. The van der Waals surface area contributed by atoms with Crippen LogP contribution in [-0.4, -0.2) is 56.2 Å². The zero-order valence-electron chi connectivity index (χ0n) is 16.6. The highest BCUT2D eigenvalue weighted by Crippen LogP contribution is 2.16. The van der Waals surface area contributed by atoms with Crippen LogP contribution in [0, 0.1) is 11.3 Å². The maximum absolute atomic E-state index is 12.3. The number of hydrogen-bond acceptors (Lipinski definition) is 6. The van der Waals surface area contributed by atoms with Crippen molar-refractivity contribution in [1.82, 2.24) is 4.90 Å². The molecule has 0 aromatic heterocycles. The number of nitrogens with zero attached hydrogens (tertiary/aromatic N) is 3. The molecule has 0 bridgehead atoms. The van der Waals surface area contributed by atoms with Gasteiger partial charge in [-0.25, -0.2) is 4.79 Å². The molecule has 7 heteroatoms. The summed E-state index contributed by atoms with van der Waals surface area (Å²) in [6.07, 6.45) is 2.88. The first-order chi connectivity index (χ1) is 14.7. The highest BCUT2D eigenvalue weighted by molar-refractivity contribution is 5.89. The van der Waals surface area contributed by atoms with Crippen molar-refractivity contribution in [2.45, 2.75) is 0 Å². The van der Waals surface area contributed by atoms with Crippen LogP contribution in [0.2, 0.25) is 0 Å². The summed E-state index contributed by atoms with van der Waals surface area (Å²) in [5.41, 5.74) is 1.92. The van der Waals surface area contributed by atoms with Crippen LogP contribution in [0.25, 0.3) is 6.08 Å². The number of ether oxygens (including phenoxy) is 2. The molecule has 0 radical (unpaired) electrons. The number of hydrogen-bond donors (Lipinski definition) is 0. The largest absolute Gasteiger partial charge is 0.479 e. The lowest BCUT2D eigenvalue weighted by molar-refractivity contribution is -0.148. The molecule has 0 atom stereocenters. The van der Waals surface area contributed by atoms with Crippen LogP contribution < -0.4 is 9.64 Å². The predicted molar refractivity (Wildman–Crippen MR) is 113 cm³/mol. The maximum atomic E-state index is 12.3. The normalized spacial score (nSPS) is 13.7. The number of piperazine rings is 1. The van der Waals surface area contributed by atoms with E-state index >= 15 is 0 Å². The van der Waals surface area contributed by atoms with E-state index in [-0.39, 0.29) is 19.1 Å². The Kier molecular flexibility index (Phi) is 7.45. The number of anilines is 1. The van der Waals surface area contributed by atoms with Gasteiger partial charge in [0.1, 0.15) is 11.8 Å². The fourth-order valence-corrected chi connectivity index (χ4v) is 3.08. The number of nitriles is 1. The van der Waals surface area contributed by atoms with Gasteiger partial charge >= 0.3 is 5.97 Å². The third-order valence-corrected chi connectivity index (χ3v) is 4.69. The van der Waals surface area contributed by atoms with Gasteiger partial charge in [0, 0.05) is 37.9 Å². The lowest BCUT2D eigenvalue weighted by Crippen LogP contribution is -2.49. The summed E-state index contributed by atoms with van der Waals surface area (Å²) in [5, 5.41) is 8.49. The molecule has 30 heavy (non-hydrogen) atoms. The van der Waals surface area contributed by atoms with Crippen molar-refractivity contribution >= 4 is 23.6 Å². The average molecular weight is 405 g/mol. The Hall–Kier alpha value is -3.79. The highest BCUT2D eigenvalue weighted by Gasteiger charge is 2.21. The summed E-state index contributed by atoms with van der Waals surface area (Å²) in [6.45, 7) is 2.41. The second-order valence-electron chi connectivity index (χ2n) is 6.66. The fraction of sp³-hybridized carbons (Fsp3) is 0.261. The number of rotatable bonds is 7. The Morgan fingerprint density at radius 3 is 2.37 bits per heavy atom. The molecular formula is C23H23N3O4. The van der Waals surface area contributed by atoms with Crippen LogP contribution in [0.15, 0.2) is 60.7 Å². The summed E-state index contributed by atoms with van der Waals surface area (Å²) in [5.74, 6) is -0.186. The van der Waals surface area contributed by atoms with Crippen molar-refractivity contribution in [3.8, 4) is 11.8 Å². The first-order valence-electron chi connectivity index (χ1n) is 9.68. The van der Waals surface area contributed by atoms with Crippen LogP contribution in [0.1, 0.15) is 5.56 Å². The Labute approximate surface area is 175 Å². The van der Waals surface area contributed by atoms with Crippen molar-refractivity contribution < 1.29 is 19.1 Å². The van der Waals surface area contributed by atoms with Crippen LogP contribution in [0.4, 0.5) is 5.69 Å². The molecule has 3 rings (SSSR count). The minimum absolute atomic E-state index is 0.0170. The minimum Gasteiger partial charge on any atom is -0.479 e. The number of amides is 1. The molecule has 1 amide bonds. The molecule has 0 aliphatic carbocycles. The lowest BCUT2D eigenvalue weighted by Gasteiger charge is -2.36. The van der Waals surface area contributed by atoms with Gasteiger partial charge in [0.25, 0.3) is 5.91 Å². The highest BCUT2D eigenvalue weighted by atomic mass is 16.5. The molecule has 0 unspecified atom stereocenters. The molecule has 1 saturated heterocycles. The average Bonchev–Trinajstić information content (AvgIpc) is 2.81. The standard InChI is InChI=1S/C23H23N3O4/c24-12-17-29-21-9-6-19(7-10-21)8-11-23(28)30-18-22(27)26-15-13-25(14-16-26)20-4-2-1-3-5-20/h1-11H,13-18H2/b11-8+. The molecular weight excluding hydrogens is 382 g/mol. The van der Waals surface area contributed by atoms with E-state index in [0.717, 1.165) is 24.3 Å². The van der Waals surface area contributed by atoms with Gasteiger partial charge in [0.05, 0.1) is 0 Å². The van der Waals surface area contributed by atoms with Crippen molar-refractivity contribution in [1.29, 1.82) is 5.26 Å². The summed E-state index contributed by atoms with van der Waals surface area (Å²) >= 11 is 0. The van der Waals surface area contributed by atoms with Gasteiger partial charge in [-0.3, -0.25) is 4.79 Å². The molecule has 2 aromatic rings. The zero-order valence-corrected chi connectivity index (χ0v) is 16.6. The van der Waals surface area contributed by atoms with Crippen molar-refractivity contribution in [2.24, 2.45) is 0 Å². The zero-order chi connectivity index (χ0) is 21.2. The number of carbonyl (C=O) groups excluding carboxylic acids is 2. The minimum atomic E-state index is -0.573. The van der Waals surface area contributed by atoms with E-state index < -0.39 is 5.97 Å². The van der Waals surface area contributed by atoms with E-state index in [1.54, 1.807) is 35.2 Å². The van der Waals surface area contributed by atoms with Crippen LogP contribution in [0.3, 0.4) is 0 Å². The summed E-state index contributed by atoms with van der Waals surface area (Å²) in [7, 11) is 0. The van der Waals surface area contributed by atoms with Crippen LogP contribution in [0.5, 0.6) is 5.75 Å². The molecule has 0 spiro atoms. The number of esters is 1. The first-order valence-corrected chi connectivity index (χ1v) is 9.68. The van der Waals surface area contributed by atoms with E-state index in [4.69, 9.17) is 14.7 Å².